The molecule has 2 aliphatic rings. The van der Waals surface area contributed by atoms with Gasteiger partial charge in [0.15, 0.2) is 5.82 Å². The van der Waals surface area contributed by atoms with E-state index in [-0.39, 0.29) is 11.9 Å². The van der Waals surface area contributed by atoms with Crippen molar-refractivity contribution < 1.29 is 13.3 Å². The molecular weight excluding hydrogens is 742 g/mol. The third-order valence-electron chi connectivity index (χ3n) is 11.2. The van der Waals surface area contributed by atoms with Crippen molar-refractivity contribution in [3.8, 4) is 22.8 Å². The first-order chi connectivity index (χ1) is 27.6. The third-order valence-corrected chi connectivity index (χ3v) is 13.4. The molecule has 11 rings (SSSR count). The van der Waals surface area contributed by atoms with E-state index in [4.69, 9.17) is 24.5 Å². The van der Waals surface area contributed by atoms with Crippen LogP contribution in [0.15, 0.2) is 85.5 Å². The van der Waals surface area contributed by atoms with Crippen LogP contribution in [0.4, 0.5) is 10.2 Å². The number of aromatic nitrogens is 9. The molecule has 0 bridgehead atoms. The number of anilines is 1. The Bertz CT molecular complexity index is 3080. The van der Waals surface area contributed by atoms with Gasteiger partial charge in [0.05, 0.1) is 61.5 Å². The number of rotatable bonds is 5. The minimum absolute atomic E-state index is 0.182. The van der Waals surface area contributed by atoms with Gasteiger partial charge in [-0.2, -0.15) is 0 Å². The van der Waals surface area contributed by atoms with E-state index in [2.05, 4.69) is 41.7 Å². The number of aromatic amines is 3. The van der Waals surface area contributed by atoms with Crippen LogP contribution in [0, 0.1) is 17.5 Å². The fraction of sp³-hybridized carbons (Fsp3) is 0.238. The number of hydrogen-bond acceptors (Lipinski definition) is 10. The summed E-state index contributed by atoms with van der Waals surface area (Å²) in [6.07, 6.45) is 10.1. The molecule has 1 saturated carbocycles. The summed E-state index contributed by atoms with van der Waals surface area (Å²) in [5.74, 6) is 1.81. The van der Waals surface area contributed by atoms with E-state index in [0.717, 1.165) is 96.8 Å². The first kappa shape index (κ1) is 35.1. The highest BCUT2D eigenvalue weighted by Gasteiger charge is 2.53. The van der Waals surface area contributed by atoms with Crippen molar-refractivity contribution in [1.82, 2.24) is 44.9 Å². The van der Waals surface area contributed by atoms with Gasteiger partial charge in [-0.05, 0) is 81.3 Å². The number of hydrogen-bond donors (Lipinski definition) is 4. The Kier molecular flexibility index (Phi) is 8.09. The molecule has 13 nitrogen and oxygen atoms in total. The first-order valence-electron chi connectivity index (χ1n) is 18.8. The summed E-state index contributed by atoms with van der Waals surface area (Å²) >= 11 is 0. The van der Waals surface area contributed by atoms with Gasteiger partial charge in [0.2, 0.25) is 0 Å². The molecule has 2 unspecified atom stereocenters. The third kappa shape index (κ3) is 5.79. The molecule has 57 heavy (non-hydrogen) atoms. The number of pyridine rings is 3. The number of morpholine rings is 1. The average Bonchev–Trinajstić information content (AvgIpc) is 3.54. The lowest BCUT2D eigenvalue weighted by Gasteiger charge is -2.35. The Morgan fingerprint density at radius 1 is 0.895 bits per heavy atom. The number of nitrogens with one attached hydrogen (secondary N) is 4. The van der Waals surface area contributed by atoms with Gasteiger partial charge in [-0.25, -0.2) is 28.5 Å². The van der Waals surface area contributed by atoms with E-state index in [9.17, 15) is 8.60 Å². The maximum Gasteiger partial charge on any atom is 0.162 e. The van der Waals surface area contributed by atoms with Crippen molar-refractivity contribution in [1.29, 1.82) is 4.78 Å². The molecule has 1 saturated heterocycles. The maximum atomic E-state index is 13.9. The number of ether oxygens (including phenoxy) is 1. The van der Waals surface area contributed by atoms with E-state index in [1.54, 1.807) is 30.7 Å². The fourth-order valence-electron chi connectivity index (χ4n) is 8.18. The molecule has 0 spiro atoms. The standard InChI is InChI=1S/C22H14FN5.C20H24N6O2S/c1-11-17(15-10-12(23)6-7-16(15)26-11)22-27-20-13-4-2-8-24-18(13)19-14(21(20)28-22)5-3-9-25-19;1-13-12-28-10-9-26(13)17-11-16(20(5-6-20)29(2,21)27)24-19(25-17)15-4-8-23-18-14(15)3-7-22-18/h2-10,26H,1H3,(H,27,28);3-4,7-8,11,13,21H,5-6,9-10,12H2,1-2H3,(H,22,23). The smallest absolute Gasteiger partial charge is 0.162 e. The van der Waals surface area contributed by atoms with E-state index in [1.165, 1.54) is 12.3 Å². The molecule has 2 aromatic carbocycles. The van der Waals surface area contributed by atoms with Crippen LogP contribution in [-0.4, -0.2) is 81.1 Å². The van der Waals surface area contributed by atoms with Gasteiger partial charge < -0.3 is 24.6 Å². The molecule has 286 valence electrons. The molecule has 2 atom stereocenters. The quantitative estimate of drug-likeness (QED) is 0.125. The molecule has 1 aliphatic heterocycles. The molecular formula is C42H38FN11O2S. The molecule has 15 heteroatoms. The number of H-pyrrole nitrogens is 3. The zero-order valence-electron chi connectivity index (χ0n) is 31.4. The topological polar surface area (TPSA) is 178 Å². The number of halogens is 1. The van der Waals surface area contributed by atoms with E-state index < -0.39 is 14.5 Å². The van der Waals surface area contributed by atoms with Gasteiger partial charge in [0.25, 0.3) is 0 Å². The normalized spacial score (nSPS) is 17.6. The van der Waals surface area contributed by atoms with Gasteiger partial charge in [-0.15, -0.1) is 0 Å². The largest absolute Gasteiger partial charge is 0.377 e. The molecule has 1 aliphatic carbocycles. The van der Waals surface area contributed by atoms with Crippen LogP contribution in [0.25, 0.3) is 77.6 Å². The summed E-state index contributed by atoms with van der Waals surface area (Å²) in [6.45, 7) is 6.10. The zero-order valence-corrected chi connectivity index (χ0v) is 32.2. The summed E-state index contributed by atoms with van der Waals surface area (Å²) in [4.78, 5) is 40.2. The van der Waals surface area contributed by atoms with Crippen LogP contribution in [0.1, 0.15) is 31.2 Å². The maximum absolute atomic E-state index is 13.9. The lowest BCUT2D eigenvalue weighted by molar-refractivity contribution is 0.0985. The van der Waals surface area contributed by atoms with E-state index >= 15 is 0 Å². The van der Waals surface area contributed by atoms with Gasteiger partial charge in [-0.1, -0.05) is 0 Å². The first-order valence-corrected chi connectivity index (χ1v) is 20.8. The second-order valence-electron chi connectivity index (χ2n) is 14.9. The van der Waals surface area contributed by atoms with Crippen LogP contribution in [-0.2, 0) is 19.2 Å². The number of aryl methyl sites for hydroxylation is 1. The average molecular weight is 780 g/mol. The monoisotopic (exact) mass is 779 g/mol. The fourth-order valence-corrected chi connectivity index (χ4v) is 9.57. The Labute approximate surface area is 326 Å². The SMILES string of the molecule is CC1COCCN1c1cc(C2(S(C)(=N)=O)CC2)nc(-c2ccnc3[nH]ccc23)n1.Cc1[nH]c2ccc(F)cc2c1-c1nc2c3cccnc3c3ncccc3c2[nH]1. The van der Waals surface area contributed by atoms with Gasteiger partial charge in [0, 0.05) is 87.5 Å². The van der Waals surface area contributed by atoms with Crippen molar-refractivity contribution in [2.45, 2.75) is 37.5 Å². The summed E-state index contributed by atoms with van der Waals surface area (Å²) < 4.78 is 39.9. The number of nitrogens with zero attached hydrogens (tertiary/aromatic N) is 7. The highest BCUT2D eigenvalue weighted by molar-refractivity contribution is 7.93. The molecule has 2 fully saturated rings. The number of benzene rings is 2. The highest BCUT2D eigenvalue weighted by Crippen LogP contribution is 2.53. The van der Waals surface area contributed by atoms with Crippen molar-refractivity contribution >= 4 is 70.3 Å². The number of fused-ring (bicyclic) bond motifs is 8. The van der Waals surface area contributed by atoms with Crippen molar-refractivity contribution in [3.05, 3.63) is 103 Å². The summed E-state index contributed by atoms with van der Waals surface area (Å²) in [6, 6.07) is 18.6. The van der Waals surface area contributed by atoms with Crippen molar-refractivity contribution in [2.24, 2.45) is 0 Å². The van der Waals surface area contributed by atoms with Crippen LogP contribution < -0.4 is 4.90 Å². The molecule has 0 amide bonds. The highest BCUT2D eigenvalue weighted by atomic mass is 32.2. The van der Waals surface area contributed by atoms with Crippen molar-refractivity contribution in [3.63, 3.8) is 0 Å². The molecule has 0 radical (unpaired) electrons. The second kappa shape index (κ2) is 13.1. The van der Waals surface area contributed by atoms with Gasteiger partial charge in [-0.3, -0.25) is 14.7 Å². The Morgan fingerprint density at radius 3 is 2.46 bits per heavy atom. The van der Waals surface area contributed by atoms with Gasteiger partial charge in [0.1, 0.15) is 23.1 Å². The summed E-state index contributed by atoms with van der Waals surface area (Å²) in [5, 5.41) is 3.65. The van der Waals surface area contributed by atoms with Crippen LogP contribution in [0.3, 0.4) is 0 Å². The molecule has 7 aromatic heterocycles. The number of imidazole rings is 1. The molecule has 9 aromatic rings. The lowest BCUT2D eigenvalue weighted by Crippen LogP contribution is -2.44. The predicted octanol–water partition coefficient (Wildman–Crippen LogP) is 8.17. The second-order valence-corrected chi connectivity index (χ2v) is 17.4. The minimum atomic E-state index is -2.79. The Morgan fingerprint density at radius 2 is 1.68 bits per heavy atom. The Balaban J connectivity index is 0.000000139. The summed E-state index contributed by atoms with van der Waals surface area (Å²) in [7, 11) is -2.79. The van der Waals surface area contributed by atoms with Gasteiger partial charge >= 0.3 is 0 Å². The minimum Gasteiger partial charge on any atom is -0.377 e. The Hall–Kier alpha value is -6.32. The van der Waals surface area contributed by atoms with Crippen LogP contribution in [0.2, 0.25) is 0 Å². The predicted molar refractivity (Wildman–Crippen MR) is 221 cm³/mol. The molecule has 4 N–H and O–H groups in total. The summed E-state index contributed by atoms with van der Waals surface area (Å²) in [5.41, 5.74) is 8.46. The van der Waals surface area contributed by atoms with Crippen LogP contribution >= 0.6 is 0 Å². The molecule has 8 heterocycles. The van der Waals surface area contributed by atoms with E-state index in [0.29, 0.717) is 30.6 Å². The van der Waals surface area contributed by atoms with Crippen molar-refractivity contribution in [2.75, 3.05) is 30.9 Å². The zero-order chi connectivity index (χ0) is 39.1. The van der Waals surface area contributed by atoms with Crippen LogP contribution in [0.5, 0.6) is 0 Å². The van der Waals surface area contributed by atoms with E-state index in [1.807, 2.05) is 55.6 Å². The lowest BCUT2D eigenvalue weighted by atomic mass is 10.1.